The van der Waals surface area contributed by atoms with E-state index in [0.717, 1.165) is 17.5 Å². The topological polar surface area (TPSA) is 110 Å². The number of aromatic amines is 1. The lowest BCUT2D eigenvalue weighted by Gasteiger charge is -2.08. The number of hydrogen-bond acceptors (Lipinski definition) is 5. The van der Waals surface area contributed by atoms with E-state index >= 15 is 0 Å². The standard InChI is InChI=1S/C22H19FN4O4/c23-15-7-17-18(8-19(15)31-11-12-5-6-12)25-20(24-17)9-16-13-3-1-2-4-14(13)22(30)27(26-16)10-21(28)29/h1-4,7-8,12H,5-6,9-11H2,(H,24,25)(H,28,29). The van der Waals surface area contributed by atoms with Crippen LogP contribution in [0.25, 0.3) is 21.8 Å². The van der Waals surface area contributed by atoms with Crippen LogP contribution in [-0.4, -0.2) is 37.4 Å². The fourth-order valence-corrected chi connectivity index (χ4v) is 3.58. The number of aliphatic carboxylic acids is 1. The Bertz CT molecular complexity index is 1370. The Balaban J connectivity index is 1.52. The Labute approximate surface area is 175 Å². The first-order valence-electron chi connectivity index (χ1n) is 9.99. The quantitative estimate of drug-likeness (QED) is 0.474. The van der Waals surface area contributed by atoms with Crippen molar-refractivity contribution in [1.82, 2.24) is 19.7 Å². The number of imidazole rings is 1. The first-order chi connectivity index (χ1) is 15.0. The summed E-state index contributed by atoms with van der Waals surface area (Å²) in [7, 11) is 0. The van der Waals surface area contributed by atoms with Crippen LogP contribution >= 0.6 is 0 Å². The first kappa shape index (κ1) is 19.2. The number of ether oxygens (including phenoxy) is 1. The molecule has 0 bridgehead atoms. The summed E-state index contributed by atoms with van der Waals surface area (Å²) >= 11 is 0. The summed E-state index contributed by atoms with van der Waals surface area (Å²) in [5.74, 6) is -0.410. The Kier molecular flexibility index (Phi) is 4.65. The van der Waals surface area contributed by atoms with Crippen LogP contribution in [0.3, 0.4) is 0 Å². The van der Waals surface area contributed by atoms with E-state index in [9.17, 15) is 14.0 Å². The third-order valence-electron chi connectivity index (χ3n) is 5.32. The smallest absolute Gasteiger partial charge is 0.325 e. The number of carboxylic acids is 1. The average molecular weight is 422 g/mol. The normalized spacial score (nSPS) is 13.7. The average Bonchev–Trinajstić information content (AvgIpc) is 3.49. The minimum atomic E-state index is -1.16. The van der Waals surface area contributed by atoms with Crippen molar-refractivity contribution in [2.75, 3.05) is 6.61 Å². The zero-order valence-electron chi connectivity index (χ0n) is 16.5. The van der Waals surface area contributed by atoms with Crippen LogP contribution in [0.4, 0.5) is 4.39 Å². The highest BCUT2D eigenvalue weighted by atomic mass is 19.1. The van der Waals surface area contributed by atoms with Crippen molar-refractivity contribution in [2.24, 2.45) is 5.92 Å². The van der Waals surface area contributed by atoms with Crippen molar-refractivity contribution in [3.63, 3.8) is 0 Å². The highest BCUT2D eigenvalue weighted by Crippen LogP contribution is 2.31. The molecule has 1 aliphatic carbocycles. The zero-order valence-corrected chi connectivity index (χ0v) is 16.5. The Morgan fingerprint density at radius 2 is 2.03 bits per heavy atom. The maximum atomic E-state index is 14.4. The van der Waals surface area contributed by atoms with Crippen LogP contribution in [0, 0.1) is 11.7 Å². The molecule has 0 amide bonds. The van der Waals surface area contributed by atoms with Gasteiger partial charge in [-0.15, -0.1) is 0 Å². The van der Waals surface area contributed by atoms with Gasteiger partial charge >= 0.3 is 5.97 Å². The van der Waals surface area contributed by atoms with Crippen molar-refractivity contribution in [2.45, 2.75) is 25.8 Å². The molecule has 2 aromatic heterocycles. The van der Waals surface area contributed by atoms with Gasteiger partial charge in [0.25, 0.3) is 5.56 Å². The molecule has 0 saturated heterocycles. The predicted molar refractivity (Wildman–Crippen MR) is 111 cm³/mol. The number of carboxylic acid groups (broad SMARTS) is 1. The van der Waals surface area contributed by atoms with Crippen LogP contribution in [-0.2, 0) is 17.8 Å². The van der Waals surface area contributed by atoms with E-state index in [1.807, 2.05) is 0 Å². The number of rotatable bonds is 7. The zero-order chi connectivity index (χ0) is 21.5. The van der Waals surface area contributed by atoms with Gasteiger partial charge in [-0.25, -0.2) is 14.1 Å². The molecular weight excluding hydrogens is 403 g/mol. The molecule has 0 atom stereocenters. The van der Waals surface area contributed by atoms with Crippen LogP contribution in [0.1, 0.15) is 24.4 Å². The Hall–Kier alpha value is -3.75. The van der Waals surface area contributed by atoms with Crippen molar-refractivity contribution >= 4 is 27.8 Å². The summed E-state index contributed by atoms with van der Waals surface area (Å²) < 4.78 is 20.9. The summed E-state index contributed by atoms with van der Waals surface area (Å²) in [6, 6.07) is 9.82. The molecule has 0 radical (unpaired) electrons. The molecule has 1 aliphatic rings. The Morgan fingerprint density at radius 3 is 2.77 bits per heavy atom. The number of nitrogens with zero attached hydrogens (tertiary/aromatic N) is 3. The van der Waals surface area contributed by atoms with Gasteiger partial charge in [0.2, 0.25) is 0 Å². The molecule has 1 saturated carbocycles. The second kappa shape index (κ2) is 7.50. The summed E-state index contributed by atoms with van der Waals surface area (Å²) in [5, 5.41) is 14.4. The lowest BCUT2D eigenvalue weighted by molar-refractivity contribution is -0.138. The lowest BCUT2D eigenvalue weighted by atomic mass is 10.1. The second-order valence-electron chi connectivity index (χ2n) is 7.76. The van der Waals surface area contributed by atoms with Gasteiger partial charge in [-0.2, -0.15) is 5.10 Å². The second-order valence-corrected chi connectivity index (χ2v) is 7.76. The molecule has 5 rings (SSSR count). The molecule has 2 aromatic carbocycles. The molecule has 4 aromatic rings. The van der Waals surface area contributed by atoms with Gasteiger partial charge in [-0.3, -0.25) is 9.59 Å². The van der Waals surface area contributed by atoms with Gasteiger partial charge < -0.3 is 14.8 Å². The highest BCUT2D eigenvalue weighted by Gasteiger charge is 2.23. The molecule has 0 aliphatic heterocycles. The predicted octanol–water partition coefficient (Wildman–Crippen LogP) is 2.88. The Morgan fingerprint density at radius 1 is 1.26 bits per heavy atom. The summed E-state index contributed by atoms with van der Waals surface area (Å²) in [5.41, 5.74) is 1.12. The molecule has 8 nitrogen and oxygen atoms in total. The van der Waals surface area contributed by atoms with E-state index in [1.165, 1.54) is 6.07 Å². The number of carbonyl (C=O) groups is 1. The molecule has 31 heavy (non-hydrogen) atoms. The van der Waals surface area contributed by atoms with Crippen LogP contribution in [0.2, 0.25) is 0 Å². The van der Waals surface area contributed by atoms with Gasteiger partial charge in [0.1, 0.15) is 12.4 Å². The third-order valence-corrected chi connectivity index (χ3v) is 5.32. The maximum Gasteiger partial charge on any atom is 0.325 e. The van der Waals surface area contributed by atoms with E-state index in [-0.39, 0.29) is 12.2 Å². The number of H-pyrrole nitrogens is 1. The molecule has 9 heteroatoms. The minimum Gasteiger partial charge on any atom is -0.490 e. The largest absolute Gasteiger partial charge is 0.490 e. The van der Waals surface area contributed by atoms with Gasteiger partial charge in [0.15, 0.2) is 11.6 Å². The summed E-state index contributed by atoms with van der Waals surface area (Å²) in [4.78, 5) is 31.3. The number of nitrogens with one attached hydrogen (secondary N) is 1. The van der Waals surface area contributed by atoms with Crippen molar-refractivity contribution in [1.29, 1.82) is 0 Å². The third kappa shape index (κ3) is 3.86. The number of fused-ring (bicyclic) bond motifs is 2. The van der Waals surface area contributed by atoms with Crippen molar-refractivity contribution in [3.05, 3.63) is 64.1 Å². The number of aromatic nitrogens is 4. The lowest BCUT2D eigenvalue weighted by Crippen LogP contribution is -2.28. The van der Waals surface area contributed by atoms with E-state index in [2.05, 4.69) is 15.1 Å². The van der Waals surface area contributed by atoms with E-state index < -0.39 is 23.9 Å². The fourth-order valence-electron chi connectivity index (χ4n) is 3.58. The van der Waals surface area contributed by atoms with Gasteiger partial charge in [0.05, 0.1) is 35.1 Å². The molecule has 2 N–H and O–H groups in total. The molecule has 158 valence electrons. The molecule has 1 fully saturated rings. The number of halogens is 1. The number of benzene rings is 2. The summed E-state index contributed by atoms with van der Waals surface area (Å²) in [6.45, 7) is -0.0336. The van der Waals surface area contributed by atoms with Gasteiger partial charge in [-0.1, -0.05) is 18.2 Å². The van der Waals surface area contributed by atoms with Crippen LogP contribution in [0.15, 0.2) is 41.2 Å². The molecule has 0 spiro atoms. The monoisotopic (exact) mass is 422 g/mol. The SMILES string of the molecule is O=C(O)Cn1nc(Cc2nc3cc(F)c(OCC4CC4)cc3[nH]2)c2ccccc2c1=O. The molecular formula is C22H19FN4O4. The molecule has 0 unspecified atom stereocenters. The highest BCUT2D eigenvalue weighted by molar-refractivity contribution is 5.84. The maximum absolute atomic E-state index is 14.4. The van der Waals surface area contributed by atoms with Crippen LogP contribution in [0.5, 0.6) is 5.75 Å². The van der Waals surface area contributed by atoms with Crippen molar-refractivity contribution < 1.29 is 19.0 Å². The fraction of sp³-hybridized carbons (Fsp3) is 0.273. The van der Waals surface area contributed by atoms with E-state index in [4.69, 9.17) is 9.84 Å². The van der Waals surface area contributed by atoms with Gasteiger partial charge in [0, 0.05) is 17.5 Å². The van der Waals surface area contributed by atoms with Crippen LogP contribution < -0.4 is 10.3 Å². The van der Waals surface area contributed by atoms with E-state index in [0.29, 0.717) is 45.8 Å². The van der Waals surface area contributed by atoms with E-state index in [1.54, 1.807) is 30.3 Å². The first-order valence-corrected chi connectivity index (χ1v) is 9.99. The van der Waals surface area contributed by atoms with Crippen molar-refractivity contribution in [3.8, 4) is 5.75 Å². The summed E-state index contributed by atoms with van der Waals surface area (Å²) in [6.07, 6.45) is 2.45. The molecule has 2 heterocycles. The number of hydrogen-bond donors (Lipinski definition) is 2. The van der Waals surface area contributed by atoms with Gasteiger partial charge in [-0.05, 0) is 24.8 Å². The minimum absolute atomic E-state index is 0.188.